The van der Waals surface area contributed by atoms with Gasteiger partial charge in [-0.05, 0) is 70.6 Å². The number of carbonyl (C=O) groups is 2. The number of phosphoric acid groups is 1. The van der Waals surface area contributed by atoms with Crippen LogP contribution in [0.25, 0.3) is 0 Å². The molecule has 0 aliphatic heterocycles. The molecule has 1 N–H and O–H groups in total. The number of nitrogens with zero attached hydrogens (tertiary/aromatic N) is 1. The van der Waals surface area contributed by atoms with Crippen molar-refractivity contribution in [1.29, 1.82) is 0 Å². The van der Waals surface area contributed by atoms with Crippen LogP contribution in [0, 0.1) is 0 Å². The van der Waals surface area contributed by atoms with Crippen molar-refractivity contribution in [2.45, 2.75) is 174 Å². The average molecular weight is 876 g/mol. The number of rotatable bonds is 41. The van der Waals surface area contributed by atoms with Gasteiger partial charge in [0.25, 0.3) is 7.82 Å². The monoisotopic (exact) mass is 876 g/mol. The average Bonchev–Trinajstić information content (AvgIpc) is 3.21. The minimum Gasteiger partial charge on any atom is -0.756 e. The first-order chi connectivity index (χ1) is 29.4. The van der Waals surface area contributed by atoms with Crippen LogP contribution >= 0.6 is 7.82 Å². The second kappa shape index (κ2) is 41.2. The maximum Gasteiger partial charge on any atom is 0.306 e. The summed E-state index contributed by atoms with van der Waals surface area (Å²) in [6.45, 7) is 3.81. The Morgan fingerprint density at radius 1 is 0.623 bits per heavy atom. The van der Waals surface area contributed by atoms with Gasteiger partial charge in [-0.2, -0.15) is 0 Å². The Morgan fingerprint density at radius 3 is 1.70 bits per heavy atom. The van der Waals surface area contributed by atoms with Gasteiger partial charge in [-0.25, -0.2) is 0 Å². The van der Waals surface area contributed by atoms with Crippen LogP contribution < -0.4 is 4.89 Å². The molecule has 0 fully saturated rings. The van der Waals surface area contributed by atoms with Crippen LogP contribution in [0.4, 0.5) is 0 Å². The number of phosphoric ester groups is 1. The number of allylic oxidation sites excluding steroid dienone is 13. The lowest BCUT2D eigenvalue weighted by Crippen LogP contribution is -2.37. The summed E-state index contributed by atoms with van der Waals surface area (Å²) in [6, 6.07) is 0. The van der Waals surface area contributed by atoms with E-state index in [1.165, 1.54) is 64.2 Å². The molecule has 350 valence electrons. The first-order valence-electron chi connectivity index (χ1n) is 23.4. The Hall–Kier alpha value is -2.85. The second-order valence-corrected chi connectivity index (χ2v) is 18.0. The van der Waals surface area contributed by atoms with Crippen molar-refractivity contribution in [2.75, 3.05) is 47.5 Å². The second-order valence-electron chi connectivity index (χ2n) is 16.6. The van der Waals surface area contributed by atoms with Gasteiger partial charge < -0.3 is 33.0 Å². The van der Waals surface area contributed by atoms with E-state index < -0.39 is 38.6 Å². The molecule has 0 bridgehead atoms. The molecule has 0 aromatic rings. The SMILES string of the molecule is CC/C=C\C/C=C\C/C=C\C/C=C\C/C=C\C=C/C(O)CCC(=O)OC[C@H](COP(=O)([O-])OCC[N+](C)(C)C)OC(=O)CCCCCCCCC/C=C\CCCCCCCC. The van der Waals surface area contributed by atoms with E-state index in [0.29, 0.717) is 17.4 Å². The molecule has 10 nitrogen and oxygen atoms in total. The lowest BCUT2D eigenvalue weighted by Gasteiger charge is -2.28. The van der Waals surface area contributed by atoms with Crippen LogP contribution in [0.3, 0.4) is 0 Å². The smallest absolute Gasteiger partial charge is 0.306 e. The number of hydrogen-bond donors (Lipinski definition) is 1. The van der Waals surface area contributed by atoms with Crippen LogP contribution in [0.15, 0.2) is 85.1 Å². The highest BCUT2D eigenvalue weighted by molar-refractivity contribution is 7.45. The van der Waals surface area contributed by atoms with Gasteiger partial charge in [0.05, 0.1) is 33.9 Å². The zero-order valence-corrected chi connectivity index (χ0v) is 39.8. The first kappa shape index (κ1) is 58.1. The van der Waals surface area contributed by atoms with Crippen molar-refractivity contribution in [3.63, 3.8) is 0 Å². The van der Waals surface area contributed by atoms with Crippen molar-refractivity contribution in [3.8, 4) is 0 Å². The zero-order valence-electron chi connectivity index (χ0n) is 38.9. The summed E-state index contributed by atoms with van der Waals surface area (Å²) in [4.78, 5) is 37.6. The van der Waals surface area contributed by atoms with E-state index in [0.717, 1.165) is 57.8 Å². The summed E-state index contributed by atoms with van der Waals surface area (Å²) in [6.07, 6.45) is 49.4. The molecular formula is C50H86NO9P. The predicted molar refractivity (Wildman–Crippen MR) is 251 cm³/mol. The molecule has 61 heavy (non-hydrogen) atoms. The van der Waals surface area contributed by atoms with Crippen LogP contribution in [0.2, 0.25) is 0 Å². The van der Waals surface area contributed by atoms with Gasteiger partial charge in [-0.15, -0.1) is 0 Å². The first-order valence-corrected chi connectivity index (χ1v) is 24.9. The lowest BCUT2D eigenvalue weighted by molar-refractivity contribution is -0.870. The van der Waals surface area contributed by atoms with Crippen LogP contribution in [-0.2, 0) is 32.7 Å². The Morgan fingerprint density at radius 2 is 1.15 bits per heavy atom. The molecule has 0 heterocycles. The fraction of sp³-hybridized carbons (Fsp3) is 0.680. The van der Waals surface area contributed by atoms with Gasteiger partial charge in [0.15, 0.2) is 6.10 Å². The third kappa shape index (κ3) is 45.0. The van der Waals surface area contributed by atoms with Gasteiger partial charge >= 0.3 is 11.9 Å². The highest BCUT2D eigenvalue weighted by Crippen LogP contribution is 2.38. The predicted octanol–water partition coefficient (Wildman–Crippen LogP) is 11.9. The summed E-state index contributed by atoms with van der Waals surface area (Å²) in [5, 5.41) is 10.3. The molecule has 0 aliphatic carbocycles. The van der Waals surface area contributed by atoms with Crippen molar-refractivity contribution in [2.24, 2.45) is 0 Å². The summed E-state index contributed by atoms with van der Waals surface area (Å²) < 4.78 is 33.7. The summed E-state index contributed by atoms with van der Waals surface area (Å²) in [5.74, 6) is -1.13. The van der Waals surface area contributed by atoms with Crippen LogP contribution in [-0.4, -0.2) is 81.2 Å². The molecule has 0 aromatic carbocycles. The maximum absolute atomic E-state index is 12.7. The van der Waals surface area contributed by atoms with E-state index in [4.69, 9.17) is 18.5 Å². The Bertz CT molecular complexity index is 1330. The van der Waals surface area contributed by atoms with Gasteiger partial charge in [0.2, 0.25) is 0 Å². The molecule has 0 saturated carbocycles. The van der Waals surface area contributed by atoms with Crippen LogP contribution in [0.5, 0.6) is 0 Å². The highest BCUT2D eigenvalue weighted by atomic mass is 31.2. The van der Waals surface area contributed by atoms with E-state index in [1.807, 2.05) is 33.3 Å². The Balaban J connectivity index is 4.56. The van der Waals surface area contributed by atoms with Gasteiger partial charge in [0, 0.05) is 12.8 Å². The summed E-state index contributed by atoms with van der Waals surface area (Å²) in [5.41, 5.74) is 0. The largest absolute Gasteiger partial charge is 0.756 e. The number of hydrogen-bond acceptors (Lipinski definition) is 9. The third-order valence-electron chi connectivity index (χ3n) is 9.52. The molecule has 0 amide bonds. The zero-order chi connectivity index (χ0) is 45.1. The molecule has 0 rings (SSSR count). The van der Waals surface area contributed by atoms with E-state index in [-0.39, 0.29) is 32.5 Å². The van der Waals surface area contributed by atoms with E-state index in [9.17, 15) is 24.2 Å². The minimum atomic E-state index is -4.69. The van der Waals surface area contributed by atoms with Crippen molar-refractivity contribution in [3.05, 3.63) is 85.1 Å². The molecule has 0 saturated heterocycles. The topological polar surface area (TPSA) is 131 Å². The number of likely N-dealkylation sites (N-methyl/N-ethyl adjacent to an activating group) is 1. The molecule has 0 aliphatic rings. The number of quaternary nitrogens is 1. The number of carbonyl (C=O) groups excluding carboxylic acids is 2. The quantitative estimate of drug-likeness (QED) is 0.0159. The fourth-order valence-corrected chi connectivity index (χ4v) is 6.55. The van der Waals surface area contributed by atoms with E-state index in [2.05, 4.69) is 74.6 Å². The molecular weight excluding hydrogens is 790 g/mol. The van der Waals surface area contributed by atoms with Crippen molar-refractivity contribution < 1.29 is 47.2 Å². The van der Waals surface area contributed by atoms with E-state index >= 15 is 0 Å². The number of ether oxygens (including phenoxy) is 2. The normalized spacial score (nSPS) is 14.8. The van der Waals surface area contributed by atoms with Gasteiger partial charge in [-0.1, -0.05) is 163 Å². The Labute approximate surface area is 372 Å². The summed E-state index contributed by atoms with van der Waals surface area (Å²) in [7, 11) is 1.03. The molecule has 3 atom stereocenters. The molecule has 2 unspecified atom stereocenters. The molecule has 0 spiro atoms. The Kier molecular flexibility index (Phi) is 39.3. The third-order valence-corrected chi connectivity index (χ3v) is 10.5. The van der Waals surface area contributed by atoms with Gasteiger partial charge in [-0.3, -0.25) is 14.2 Å². The highest BCUT2D eigenvalue weighted by Gasteiger charge is 2.22. The number of aliphatic hydroxyl groups is 1. The molecule has 0 radical (unpaired) electrons. The number of esters is 2. The molecule has 0 aromatic heterocycles. The number of unbranched alkanes of at least 4 members (excludes halogenated alkanes) is 13. The minimum absolute atomic E-state index is 0.0715. The van der Waals surface area contributed by atoms with Gasteiger partial charge in [0.1, 0.15) is 19.8 Å². The summed E-state index contributed by atoms with van der Waals surface area (Å²) >= 11 is 0. The van der Waals surface area contributed by atoms with Crippen LogP contribution in [0.1, 0.15) is 162 Å². The van der Waals surface area contributed by atoms with Crippen molar-refractivity contribution >= 4 is 19.8 Å². The standard InChI is InChI=1S/C50H86NO9P/c1-6-8-10-12-14-16-18-20-22-24-26-28-30-32-34-36-38-40-50(54)60-48(46-59-61(55,56)58-44-43-51(3,4)5)45-57-49(53)42-41-47(52)39-37-35-33-31-29-27-25-23-21-19-17-15-13-11-9-7-2/h9,11,15,17,20-23,27,29,33,35,37,39,47-48,52H,6-8,10,12-14,16,18-19,24-26,28,30-32,34,36,38,40-46H2,1-5H3/b11-9-,17-15-,22-20-,23-21-,29-27-,35-33-,39-37-/t47?,48-/m1/s1. The maximum atomic E-state index is 12.7. The number of aliphatic hydroxyl groups excluding tert-OH is 1. The van der Waals surface area contributed by atoms with Crippen molar-refractivity contribution in [1.82, 2.24) is 0 Å². The fourth-order valence-electron chi connectivity index (χ4n) is 5.82. The molecule has 11 heteroatoms. The lowest BCUT2D eigenvalue weighted by atomic mass is 10.1. The van der Waals surface area contributed by atoms with E-state index in [1.54, 1.807) is 12.2 Å².